The second-order valence-electron chi connectivity index (χ2n) is 4.37. The Labute approximate surface area is 126 Å². The monoisotopic (exact) mass is 299 g/mol. The fraction of sp³-hybridized carbons (Fsp3) is 0.0625. The highest BCUT2D eigenvalue weighted by Gasteiger charge is 2.13. The molecule has 6 heteroatoms. The molecule has 0 aliphatic carbocycles. The lowest BCUT2D eigenvalue weighted by atomic mass is 10.2. The molecule has 0 unspecified atom stereocenters. The van der Waals surface area contributed by atoms with E-state index < -0.39 is 24.4 Å². The van der Waals surface area contributed by atoms with E-state index in [1.165, 1.54) is 24.3 Å². The summed E-state index contributed by atoms with van der Waals surface area (Å²) in [5.74, 6) is -1.99. The Balaban J connectivity index is 1.84. The van der Waals surface area contributed by atoms with Crippen LogP contribution in [0.2, 0.25) is 0 Å². The normalized spacial score (nSPS) is 9.82. The number of esters is 1. The summed E-state index contributed by atoms with van der Waals surface area (Å²) in [7, 11) is 0. The van der Waals surface area contributed by atoms with Gasteiger partial charge in [0.2, 0.25) is 0 Å². The van der Waals surface area contributed by atoms with E-state index in [0.29, 0.717) is 5.56 Å². The van der Waals surface area contributed by atoms with Crippen molar-refractivity contribution in [3.63, 3.8) is 0 Å². The highest BCUT2D eigenvalue weighted by molar-refractivity contribution is 6.05. The Morgan fingerprint density at radius 1 is 0.909 bits per heavy atom. The van der Waals surface area contributed by atoms with Crippen molar-refractivity contribution in [2.45, 2.75) is 0 Å². The van der Waals surface area contributed by atoms with Gasteiger partial charge in [-0.2, -0.15) is 0 Å². The quantitative estimate of drug-likeness (QED) is 0.835. The molecule has 0 radical (unpaired) electrons. The fourth-order valence-electron chi connectivity index (χ4n) is 1.64. The summed E-state index contributed by atoms with van der Waals surface area (Å²) in [5.41, 5.74) is 0.528. The molecule has 0 atom stereocenters. The third kappa shape index (κ3) is 4.17. The Morgan fingerprint density at radius 2 is 1.55 bits per heavy atom. The van der Waals surface area contributed by atoms with E-state index in [-0.39, 0.29) is 11.3 Å². The molecule has 0 saturated heterocycles. The SMILES string of the molecule is O=C(COC(=O)c1ccc(O)cc1)NC(=O)c1ccccc1. The van der Waals surface area contributed by atoms with E-state index in [0.717, 1.165) is 0 Å². The minimum atomic E-state index is -0.721. The number of amides is 2. The lowest BCUT2D eigenvalue weighted by Crippen LogP contribution is -2.34. The number of hydrogen-bond acceptors (Lipinski definition) is 5. The zero-order valence-corrected chi connectivity index (χ0v) is 11.5. The van der Waals surface area contributed by atoms with Crippen molar-refractivity contribution >= 4 is 17.8 Å². The highest BCUT2D eigenvalue weighted by atomic mass is 16.5. The number of benzene rings is 2. The number of carbonyl (C=O) groups is 3. The van der Waals surface area contributed by atoms with Crippen molar-refractivity contribution in [3.05, 3.63) is 65.7 Å². The average molecular weight is 299 g/mol. The van der Waals surface area contributed by atoms with E-state index in [4.69, 9.17) is 9.84 Å². The van der Waals surface area contributed by atoms with Gasteiger partial charge in [0, 0.05) is 5.56 Å². The fourth-order valence-corrected chi connectivity index (χ4v) is 1.64. The van der Waals surface area contributed by atoms with E-state index >= 15 is 0 Å². The highest BCUT2D eigenvalue weighted by Crippen LogP contribution is 2.10. The van der Waals surface area contributed by atoms with Crippen LogP contribution in [0.1, 0.15) is 20.7 Å². The Morgan fingerprint density at radius 3 is 2.18 bits per heavy atom. The zero-order valence-electron chi connectivity index (χ0n) is 11.5. The molecule has 2 aromatic rings. The van der Waals surface area contributed by atoms with E-state index in [1.807, 2.05) is 0 Å². The topological polar surface area (TPSA) is 92.7 Å². The van der Waals surface area contributed by atoms with Crippen molar-refractivity contribution in [1.82, 2.24) is 5.32 Å². The lowest BCUT2D eigenvalue weighted by molar-refractivity contribution is -0.123. The molecule has 6 nitrogen and oxygen atoms in total. The Kier molecular flexibility index (Phi) is 4.87. The molecule has 0 saturated carbocycles. The van der Waals surface area contributed by atoms with Crippen LogP contribution in [0.4, 0.5) is 0 Å². The molecule has 2 amide bonds. The molecule has 0 heterocycles. The van der Waals surface area contributed by atoms with Crippen LogP contribution in [-0.2, 0) is 9.53 Å². The van der Waals surface area contributed by atoms with Crippen LogP contribution in [0.15, 0.2) is 54.6 Å². The summed E-state index contributed by atoms with van der Waals surface area (Å²) in [6, 6.07) is 13.6. The summed E-state index contributed by atoms with van der Waals surface area (Å²) in [5, 5.41) is 11.2. The first kappa shape index (κ1) is 15.2. The number of aromatic hydroxyl groups is 1. The maximum absolute atomic E-state index is 11.7. The van der Waals surface area contributed by atoms with Gasteiger partial charge in [0.25, 0.3) is 11.8 Å². The predicted octanol–water partition coefficient (Wildman–Crippen LogP) is 1.51. The minimum absolute atomic E-state index is 0.0164. The minimum Gasteiger partial charge on any atom is -0.508 e. The maximum Gasteiger partial charge on any atom is 0.338 e. The first-order valence-electron chi connectivity index (χ1n) is 6.41. The summed E-state index contributed by atoms with van der Waals surface area (Å²) in [6.07, 6.45) is 0. The standard InChI is InChI=1S/C16H13NO5/c18-13-8-6-12(7-9-13)16(21)22-10-14(19)17-15(20)11-4-2-1-3-5-11/h1-9,18H,10H2,(H,17,19,20). The third-order valence-corrected chi connectivity index (χ3v) is 2.73. The predicted molar refractivity (Wildman–Crippen MR) is 77.3 cm³/mol. The molecule has 0 aliphatic rings. The van der Waals surface area contributed by atoms with Gasteiger partial charge >= 0.3 is 5.97 Å². The number of ether oxygens (including phenoxy) is 1. The Bertz CT molecular complexity index is 679. The number of imide groups is 1. The molecular weight excluding hydrogens is 286 g/mol. The van der Waals surface area contributed by atoms with Crippen LogP contribution in [0.5, 0.6) is 5.75 Å². The van der Waals surface area contributed by atoms with Crippen LogP contribution in [0, 0.1) is 0 Å². The summed E-state index contributed by atoms with van der Waals surface area (Å²) in [4.78, 5) is 34.9. The van der Waals surface area contributed by atoms with Gasteiger partial charge in [-0.05, 0) is 36.4 Å². The first-order chi connectivity index (χ1) is 10.6. The molecule has 2 aromatic carbocycles. The van der Waals surface area contributed by atoms with Gasteiger partial charge in [0.1, 0.15) is 5.75 Å². The van der Waals surface area contributed by atoms with Gasteiger partial charge in [-0.3, -0.25) is 14.9 Å². The molecule has 0 fully saturated rings. The van der Waals surface area contributed by atoms with Crippen LogP contribution in [-0.4, -0.2) is 29.5 Å². The largest absolute Gasteiger partial charge is 0.508 e. The third-order valence-electron chi connectivity index (χ3n) is 2.73. The van der Waals surface area contributed by atoms with Gasteiger partial charge in [-0.1, -0.05) is 18.2 Å². The second kappa shape index (κ2) is 7.03. The van der Waals surface area contributed by atoms with Crippen LogP contribution in [0.3, 0.4) is 0 Å². The average Bonchev–Trinajstić information content (AvgIpc) is 2.54. The van der Waals surface area contributed by atoms with Gasteiger partial charge in [-0.15, -0.1) is 0 Å². The first-order valence-corrected chi connectivity index (χ1v) is 6.41. The zero-order chi connectivity index (χ0) is 15.9. The number of phenolic OH excluding ortho intramolecular Hbond substituents is 1. The summed E-state index contributed by atoms with van der Waals surface area (Å²) >= 11 is 0. The van der Waals surface area contributed by atoms with Gasteiger partial charge in [0.05, 0.1) is 5.56 Å². The molecule has 0 aromatic heterocycles. The second-order valence-corrected chi connectivity index (χ2v) is 4.37. The molecule has 112 valence electrons. The molecule has 0 spiro atoms. The number of phenols is 1. The van der Waals surface area contributed by atoms with Crippen molar-refractivity contribution < 1.29 is 24.2 Å². The van der Waals surface area contributed by atoms with Crippen LogP contribution in [0.25, 0.3) is 0 Å². The molecule has 0 aliphatic heterocycles. The summed E-state index contributed by atoms with van der Waals surface area (Å²) < 4.78 is 4.78. The van der Waals surface area contributed by atoms with E-state index in [9.17, 15) is 14.4 Å². The molecule has 22 heavy (non-hydrogen) atoms. The van der Waals surface area contributed by atoms with Gasteiger partial charge < -0.3 is 9.84 Å². The Hall–Kier alpha value is -3.15. The van der Waals surface area contributed by atoms with Crippen LogP contribution >= 0.6 is 0 Å². The van der Waals surface area contributed by atoms with E-state index in [2.05, 4.69) is 5.32 Å². The van der Waals surface area contributed by atoms with Crippen molar-refractivity contribution in [3.8, 4) is 5.75 Å². The number of hydrogen-bond donors (Lipinski definition) is 2. The number of carbonyl (C=O) groups excluding carboxylic acids is 3. The number of rotatable bonds is 4. The summed E-state index contributed by atoms with van der Waals surface area (Å²) in [6.45, 7) is -0.571. The van der Waals surface area contributed by atoms with Crippen molar-refractivity contribution in [1.29, 1.82) is 0 Å². The lowest BCUT2D eigenvalue weighted by Gasteiger charge is -2.06. The molecule has 2 N–H and O–H groups in total. The van der Waals surface area contributed by atoms with Gasteiger partial charge in [-0.25, -0.2) is 4.79 Å². The smallest absolute Gasteiger partial charge is 0.338 e. The van der Waals surface area contributed by atoms with Gasteiger partial charge in [0.15, 0.2) is 6.61 Å². The number of nitrogens with one attached hydrogen (secondary N) is 1. The molecule has 0 bridgehead atoms. The van der Waals surface area contributed by atoms with Crippen molar-refractivity contribution in [2.75, 3.05) is 6.61 Å². The van der Waals surface area contributed by atoms with E-state index in [1.54, 1.807) is 30.3 Å². The molecular formula is C16H13NO5. The van der Waals surface area contributed by atoms with Crippen LogP contribution < -0.4 is 5.32 Å². The maximum atomic E-state index is 11.7. The van der Waals surface area contributed by atoms with Crippen molar-refractivity contribution in [2.24, 2.45) is 0 Å². The molecule has 2 rings (SSSR count).